The van der Waals surface area contributed by atoms with Gasteiger partial charge in [0.25, 0.3) is 5.91 Å². The molecule has 3 nitrogen and oxygen atoms in total. The van der Waals surface area contributed by atoms with Gasteiger partial charge in [0.05, 0.1) is 17.1 Å². The molecule has 0 unspecified atom stereocenters. The number of halogens is 1. The second-order valence-corrected chi connectivity index (χ2v) is 5.42. The molecule has 0 bridgehead atoms. The normalized spacial score (nSPS) is 10.3. The Morgan fingerprint density at radius 1 is 1.39 bits per heavy atom. The van der Waals surface area contributed by atoms with Crippen LogP contribution in [0.1, 0.15) is 27.0 Å². The summed E-state index contributed by atoms with van der Waals surface area (Å²) in [5.74, 6) is -0.172. The molecule has 0 atom stereocenters. The fourth-order valence-electron chi connectivity index (χ4n) is 1.53. The van der Waals surface area contributed by atoms with Crippen LogP contribution in [-0.4, -0.2) is 10.9 Å². The van der Waals surface area contributed by atoms with Gasteiger partial charge >= 0.3 is 0 Å². The van der Waals surface area contributed by atoms with E-state index in [0.717, 1.165) is 11.3 Å². The molecule has 0 aliphatic carbocycles. The van der Waals surface area contributed by atoms with Gasteiger partial charge in [-0.1, -0.05) is 18.5 Å². The number of nitrogens with one attached hydrogen (secondary N) is 1. The average Bonchev–Trinajstić information content (AvgIpc) is 2.84. The molecule has 0 saturated carbocycles. The predicted octanol–water partition coefficient (Wildman–Crippen LogP) is 3.29. The second kappa shape index (κ2) is 5.98. The zero-order chi connectivity index (χ0) is 13.0. The number of pyridine rings is 1. The molecule has 94 valence electrons. The van der Waals surface area contributed by atoms with E-state index in [0.29, 0.717) is 17.1 Å². The van der Waals surface area contributed by atoms with Gasteiger partial charge in [-0.2, -0.15) is 0 Å². The quantitative estimate of drug-likeness (QED) is 0.934. The maximum Gasteiger partial charge on any atom is 0.253 e. The SMILES string of the molecule is CCc1ccc(CNC(=O)c2ccncc2Cl)s1. The third kappa shape index (κ3) is 3.09. The van der Waals surface area contributed by atoms with Crippen molar-refractivity contribution in [2.45, 2.75) is 19.9 Å². The third-order valence-electron chi connectivity index (χ3n) is 2.51. The van der Waals surface area contributed by atoms with Gasteiger partial charge in [-0.3, -0.25) is 9.78 Å². The molecule has 0 spiro atoms. The summed E-state index contributed by atoms with van der Waals surface area (Å²) in [6.07, 6.45) is 4.05. The number of aryl methyl sites for hydroxylation is 1. The van der Waals surface area contributed by atoms with E-state index in [1.54, 1.807) is 23.6 Å². The first-order chi connectivity index (χ1) is 8.70. The highest BCUT2D eigenvalue weighted by atomic mass is 35.5. The number of rotatable bonds is 4. The minimum absolute atomic E-state index is 0.172. The topological polar surface area (TPSA) is 42.0 Å². The predicted molar refractivity (Wildman–Crippen MR) is 74.1 cm³/mol. The summed E-state index contributed by atoms with van der Waals surface area (Å²) in [5.41, 5.74) is 0.457. The maximum atomic E-state index is 11.9. The molecule has 2 rings (SSSR count). The number of aromatic nitrogens is 1. The van der Waals surface area contributed by atoms with Crippen LogP contribution in [0, 0.1) is 0 Å². The molecular weight excluding hydrogens is 268 g/mol. The standard InChI is InChI=1S/C13H13ClN2OS/c1-2-9-3-4-10(18-9)7-16-13(17)11-5-6-15-8-12(11)14/h3-6,8H,2,7H2,1H3,(H,16,17). The molecule has 2 aromatic heterocycles. The Morgan fingerprint density at radius 3 is 2.83 bits per heavy atom. The van der Waals surface area contributed by atoms with Gasteiger partial charge < -0.3 is 5.32 Å². The summed E-state index contributed by atoms with van der Waals surface area (Å²) >= 11 is 7.62. The van der Waals surface area contributed by atoms with Crippen LogP contribution in [-0.2, 0) is 13.0 Å². The number of thiophene rings is 1. The number of carbonyl (C=O) groups excluding carboxylic acids is 1. The third-order valence-corrected chi connectivity index (χ3v) is 4.04. The number of hydrogen-bond acceptors (Lipinski definition) is 3. The van der Waals surface area contributed by atoms with E-state index in [9.17, 15) is 4.79 Å². The van der Waals surface area contributed by atoms with Crippen molar-refractivity contribution in [2.24, 2.45) is 0 Å². The maximum absolute atomic E-state index is 11.9. The van der Waals surface area contributed by atoms with Crippen molar-refractivity contribution < 1.29 is 4.79 Å². The first-order valence-corrected chi connectivity index (χ1v) is 6.85. The lowest BCUT2D eigenvalue weighted by molar-refractivity contribution is 0.0951. The Kier molecular flexibility index (Phi) is 4.33. The van der Waals surface area contributed by atoms with E-state index in [1.807, 2.05) is 6.07 Å². The molecule has 1 N–H and O–H groups in total. The largest absolute Gasteiger partial charge is 0.347 e. The Balaban J connectivity index is 1.98. The molecular formula is C13H13ClN2OS. The minimum Gasteiger partial charge on any atom is -0.347 e. The van der Waals surface area contributed by atoms with Gasteiger partial charge in [0.2, 0.25) is 0 Å². The van der Waals surface area contributed by atoms with Crippen LogP contribution in [0.4, 0.5) is 0 Å². The minimum atomic E-state index is -0.172. The van der Waals surface area contributed by atoms with Gasteiger partial charge in [0, 0.05) is 22.1 Å². The molecule has 0 saturated heterocycles. The van der Waals surface area contributed by atoms with Crippen molar-refractivity contribution in [2.75, 3.05) is 0 Å². The fraction of sp³-hybridized carbons (Fsp3) is 0.231. The van der Waals surface area contributed by atoms with Crippen LogP contribution in [0.2, 0.25) is 5.02 Å². The van der Waals surface area contributed by atoms with Gasteiger partial charge in [-0.15, -0.1) is 11.3 Å². The van der Waals surface area contributed by atoms with E-state index in [4.69, 9.17) is 11.6 Å². The van der Waals surface area contributed by atoms with Gasteiger partial charge in [0.1, 0.15) is 0 Å². The molecule has 1 amide bonds. The fourth-order valence-corrected chi connectivity index (χ4v) is 2.63. The van der Waals surface area contributed by atoms with E-state index < -0.39 is 0 Å². The van der Waals surface area contributed by atoms with Crippen molar-refractivity contribution in [1.82, 2.24) is 10.3 Å². The van der Waals surface area contributed by atoms with Gasteiger partial charge in [0.15, 0.2) is 0 Å². The molecule has 0 fully saturated rings. The lowest BCUT2D eigenvalue weighted by Crippen LogP contribution is -2.22. The van der Waals surface area contributed by atoms with Crippen LogP contribution in [0.5, 0.6) is 0 Å². The monoisotopic (exact) mass is 280 g/mol. The highest BCUT2D eigenvalue weighted by Gasteiger charge is 2.09. The summed E-state index contributed by atoms with van der Waals surface area (Å²) in [4.78, 5) is 18.2. The van der Waals surface area contributed by atoms with E-state index >= 15 is 0 Å². The van der Waals surface area contributed by atoms with E-state index in [1.165, 1.54) is 11.1 Å². The Bertz CT molecular complexity index is 553. The molecule has 0 radical (unpaired) electrons. The molecule has 18 heavy (non-hydrogen) atoms. The van der Waals surface area contributed by atoms with Crippen molar-refractivity contribution in [3.05, 3.63) is 50.9 Å². The Hall–Kier alpha value is -1.39. The molecule has 0 aliphatic rings. The first-order valence-electron chi connectivity index (χ1n) is 5.66. The van der Waals surface area contributed by atoms with Crippen molar-refractivity contribution in [3.63, 3.8) is 0 Å². The van der Waals surface area contributed by atoms with Gasteiger partial charge in [-0.25, -0.2) is 0 Å². The van der Waals surface area contributed by atoms with Crippen LogP contribution >= 0.6 is 22.9 Å². The second-order valence-electron chi connectivity index (χ2n) is 3.76. The van der Waals surface area contributed by atoms with Crippen molar-refractivity contribution in [3.8, 4) is 0 Å². The van der Waals surface area contributed by atoms with E-state index in [2.05, 4.69) is 23.3 Å². The van der Waals surface area contributed by atoms with Gasteiger partial charge in [-0.05, 0) is 24.6 Å². The summed E-state index contributed by atoms with van der Waals surface area (Å²) in [7, 11) is 0. The van der Waals surface area contributed by atoms with Crippen LogP contribution in [0.25, 0.3) is 0 Å². The number of amides is 1. The smallest absolute Gasteiger partial charge is 0.253 e. The first kappa shape index (κ1) is 13.1. The van der Waals surface area contributed by atoms with Crippen molar-refractivity contribution >= 4 is 28.8 Å². The molecule has 5 heteroatoms. The number of carbonyl (C=O) groups is 1. The number of nitrogens with zero attached hydrogens (tertiary/aromatic N) is 1. The molecule has 2 aromatic rings. The summed E-state index contributed by atoms with van der Waals surface area (Å²) in [5, 5.41) is 3.22. The molecule has 2 heterocycles. The van der Waals surface area contributed by atoms with Crippen LogP contribution in [0.15, 0.2) is 30.6 Å². The van der Waals surface area contributed by atoms with Crippen molar-refractivity contribution in [1.29, 1.82) is 0 Å². The Labute approximate surface area is 115 Å². The average molecular weight is 281 g/mol. The lowest BCUT2D eigenvalue weighted by atomic mass is 10.2. The molecule has 0 aromatic carbocycles. The lowest BCUT2D eigenvalue weighted by Gasteiger charge is -2.04. The highest BCUT2D eigenvalue weighted by Crippen LogP contribution is 2.17. The highest BCUT2D eigenvalue weighted by molar-refractivity contribution is 7.11. The van der Waals surface area contributed by atoms with E-state index in [-0.39, 0.29) is 5.91 Å². The zero-order valence-corrected chi connectivity index (χ0v) is 11.5. The van der Waals surface area contributed by atoms with Crippen LogP contribution in [0.3, 0.4) is 0 Å². The number of hydrogen-bond donors (Lipinski definition) is 1. The summed E-state index contributed by atoms with van der Waals surface area (Å²) < 4.78 is 0. The van der Waals surface area contributed by atoms with Crippen LogP contribution < -0.4 is 5.32 Å². The molecule has 0 aliphatic heterocycles. The zero-order valence-electron chi connectivity index (χ0n) is 9.94. The summed E-state index contributed by atoms with van der Waals surface area (Å²) in [6, 6.07) is 5.74. The summed E-state index contributed by atoms with van der Waals surface area (Å²) in [6.45, 7) is 2.65. The Morgan fingerprint density at radius 2 is 2.17 bits per heavy atom.